The molecule has 0 radical (unpaired) electrons. The summed E-state index contributed by atoms with van der Waals surface area (Å²) >= 11 is 0. The molecule has 3 aromatic rings. The molecule has 1 fully saturated rings. The van der Waals surface area contributed by atoms with Gasteiger partial charge in [0.05, 0.1) is 5.52 Å². The van der Waals surface area contributed by atoms with Gasteiger partial charge in [-0.1, -0.05) is 29.8 Å². The fourth-order valence-electron chi connectivity index (χ4n) is 4.10. The van der Waals surface area contributed by atoms with Crippen LogP contribution < -0.4 is 4.90 Å². The second-order valence-corrected chi connectivity index (χ2v) is 7.36. The highest BCUT2D eigenvalue weighted by molar-refractivity contribution is 5.93. The molecule has 0 amide bonds. The maximum absolute atomic E-state index is 4.81. The molecule has 0 aliphatic carbocycles. The van der Waals surface area contributed by atoms with Crippen LogP contribution >= 0.6 is 12.4 Å². The van der Waals surface area contributed by atoms with Crippen LogP contribution in [0.3, 0.4) is 0 Å². The van der Waals surface area contributed by atoms with E-state index < -0.39 is 0 Å². The molecule has 2 aromatic heterocycles. The first-order valence-corrected chi connectivity index (χ1v) is 9.40. The van der Waals surface area contributed by atoms with Gasteiger partial charge in [0.15, 0.2) is 5.82 Å². The Morgan fingerprint density at radius 2 is 1.77 bits per heavy atom. The molecule has 4 rings (SSSR count). The third-order valence-electron chi connectivity index (χ3n) is 5.61. The molecule has 26 heavy (non-hydrogen) atoms. The molecule has 1 aliphatic rings. The van der Waals surface area contributed by atoms with Gasteiger partial charge in [0.2, 0.25) is 0 Å². The summed E-state index contributed by atoms with van der Waals surface area (Å²) in [6.45, 7) is 9.80. The molecule has 4 heteroatoms. The van der Waals surface area contributed by atoms with E-state index >= 15 is 0 Å². The van der Waals surface area contributed by atoms with Crippen LogP contribution in [-0.2, 0) is 6.54 Å². The number of halogens is 1. The Morgan fingerprint density at radius 3 is 2.50 bits per heavy atom. The maximum Gasteiger partial charge on any atom is 0.153 e. The van der Waals surface area contributed by atoms with E-state index in [1.54, 1.807) is 0 Å². The summed E-state index contributed by atoms with van der Waals surface area (Å²) in [7, 11) is 0. The molecular weight excluding hydrogens is 342 g/mol. The first-order valence-electron chi connectivity index (χ1n) is 9.40. The fourth-order valence-corrected chi connectivity index (χ4v) is 4.10. The molecule has 0 spiro atoms. The monoisotopic (exact) mass is 369 g/mol. The van der Waals surface area contributed by atoms with Crippen molar-refractivity contribution >= 4 is 29.1 Å². The van der Waals surface area contributed by atoms with Gasteiger partial charge in [0.25, 0.3) is 0 Å². The number of aryl methyl sites for hydroxylation is 2. The highest BCUT2D eigenvalue weighted by Crippen LogP contribution is 2.33. The van der Waals surface area contributed by atoms with Gasteiger partial charge in [-0.3, -0.25) is 0 Å². The Kier molecular flexibility index (Phi) is 5.57. The molecule has 0 N–H and O–H groups in total. The van der Waals surface area contributed by atoms with Gasteiger partial charge in [-0.05, 0) is 57.2 Å². The van der Waals surface area contributed by atoms with Crippen molar-refractivity contribution in [2.75, 3.05) is 18.0 Å². The van der Waals surface area contributed by atoms with E-state index in [1.807, 2.05) is 6.20 Å². The quantitative estimate of drug-likeness (QED) is 0.614. The summed E-state index contributed by atoms with van der Waals surface area (Å²) in [4.78, 5) is 7.29. The molecule has 0 atom stereocenters. The van der Waals surface area contributed by atoms with Crippen molar-refractivity contribution in [1.82, 2.24) is 9.55 Å². The van der Waals surface area contributed by atoms with Crippen LogP contribution in [0, 0.1) is 20.8 Å². The third kappa shape index (κ3) is 3.33. The Bertz CT molecular complexity index is 907. The van der Waals surface area contributed by atoms with E-state index in [4.69, 9.17) is 4.98 Å². The Labute approximate surface area is 162 Å². The lowest BCUT2D eigenvalue weighted by Crippen LogP contribution is -2.30. The second-order valence-electron chi connectivity index (χ2n) is 7.36. The van der Waals surface area contributed by atoms with Gasteiger partial charge in [-0.25, -0.2) is 4.98 Å². The van der Waals surface area contributed by atoms with Crippen LogP contribution in [0.2, 0.25) is 0 Å². The zero-order valence-electron chi connectivity index (χ0n) is 16.0. The van der Waals surface area contributed by atoms with Crippen molar-refractivity contribution in [3.05, 3.63) is 58.9 Å². The predicted octanol–water partition coefficient (Wildman–Crippen LogP) is 5.42. The minimum atomic E-state index is 0. The Balaban J connectivity index is 0.00000196. The zero-order valence-corrected chi connectivity index (χ0v) is 16.8. The van der Waals surface area contributed by atoms with Crippen LogP contribution in [0.4, 0.5) is 5.82 Å². The number of anilines is 1. The van der Waals surface area contributed by atoms with Crippen molar-refractivity contribution in [2.45, 2.75) is 46.6 Å². The van der Waals surface area contributed by atoms with Crippen LogP contribution in [-0.4, -0.2) is 22.6 Å². The van der Waals surface area contributed by atoms with Crippen LogP contribution in [0.15, 0.2) is 36.5 Å². The number of benzene rings is 1. The smallest absolute Gasteiger partial charge is 0.153 e. The average molecular weight is 370 g/mol. The lowest BCUT2D eigenvalue weighted by Gasteiger charge is -2.28. The van der Waals surface area contributed by atoms with Crippen molar-refractivity contribution in [3.8, 4) is 0 Å². The maximum atomic E-state index is 4.81. The minimum absolute atomic E-state index is 0. The van der Waals surface area contributed by atoms with E-state index in [0.717, 1.165) is 19.6 Å². The Hall–Kier alpha value is -2.00. The summed E-state index contributed by atoms with van der Waals surface area (Å²) < 4.78 is 2.47. The summed E-state index contributed by atoms with van der Waals surface area (Å²) in [5.41, 5.74) is 6.71. The standard InChI is InChI=1S/C22H27N3.ClH/c1-16-8-7-9-19(14-16)15-25-18(3)17(2)20-10-11-23-22(21(20)25)24-12-5-4-6-13-24;/h7-11,14H,4-6,12-13,15H2,1-3H3;1H. The van der Waals surface area contributed by atoms with Crippen molar-refractivity contribution in [2.24, 2.45) is 0 Å². The fraction of sp³-hybridized carbons (Fsp3) is 0.409. The van der Waals surface area contributed by atoms with Crippen molar-refractivity contribution < 1.29 is 0 Å². The van der Waals surface area contributed by atoms with E-state index in [1.165, 1.54) is 58.4 Å². The van der Waals surface area contributed by atoms with Gasteiger partial charge in [-0.15, -0.1) is 12.4 Å². The molecule has 3 nitrogen and oxygen atoms in total. The summed E-state index contributed by atoms with van der Waals surface area (Å²) in [5, 5.41) is 1.35. The lowest BCUT2D eigenvalue weighted by molar-refractivity contribution is 0.574. The SMILES string of the molecule is Cc1cccc(Cn2c(C)c(C)c3ccnc(N4CCCCC4)c32)c1.Cl. The zero-order chi connectivity index (χ0) is 17.4. The van der Waals surface area contributed by atoms with Gasteiger partial charge >= 0.3 is 0 Å². The molecule has 1 aliphatic heterocycles. The molecule has 0 saturated carbocycles. The number of rotatable bonds is 3. The average Bonchev–Trinajstić information content (AvgIpc) is 2.88. The summed E-state index contributed by atoms with van der Waals surface area (Å²) in [5.74, 6) is 1.17. The predicted molar refractivity (Wildman–Crippen MR) is 113 cm³/mol. The number of piperidine rings is 1. The van der Waals surface area contributed by atoms with Gasteiger partial charge in [0.1, 0.15) is 0 Å². The summed E-state index contributed by atoms with van der Waals surface area (Å²) in [6, 6.07) is 11.0. The van der Waals surface area contributed by atoms with Crippen LogP contribution in [0.1, 0.15) is 41.6 Å². The highest BCUT2D eigenvalue weighted by atomic mass is 35.5. The summed E-state index contributed by atoms with van der Waals surface area (Å²) in [6.07, 6.45) is 5.87. The third-order valence-corrected chi connectivity index (χ3v) is 5.61. The van der Waals surface area contributed by atoms with Gasteiger partial charge in [0, 0.05) is 36.9 Å². The number of hydrogen-bond acceptors (Lipinski definition) is 2. The molecule has 1 aromatic carbocycles. The topological polar surface area (TPSA) is 21.1 Å². The largest absolute Gasteiger partial charge is 0.355 e. The van der Waals surface area contributed by atoms with Gasteiger partial charge in [-0.2, -0.15) is 0 Å². The van der Waals surface area contributed by atoms with E-state index in [2.05, 4.69) is 60.6 Å². The number of pyridine rings is 1. The normalized spacial score (nSPS) is 14.5. The first kappa shape index (κ1) is 18.8. The van der Waals surface area contributed by atoms with Crippen LogP contribution in [0.5, 0.6) is 0 Å². The minimum Gasteiger partial charge on any atom is -0.355 e. The van der Waals surface area contributed by atoms with E-state index in [0.29, 0.717) is 0 Å². The molecule has 1 saturated heterocycles. The lowest BCUT2D eigenvalue weighted by atomic mass is 10.1. The molecule has 138 valence electrons. The number of aromatic nitrogens is 2. The van der Waals surface area contributed by atoms with E-state index in [9.17, 15) is 0 Å². The highest BCUT2D eigenvalue weighted by Gasteiger charge is 2.20. The molecular formula is C22H28ClN3. The second kappa shape index (κ2) is 7.71. The Morgan fingerprint density at radius 1 is 1.00 bits per heavy atom. The molecule has 0 unspecified atom stereocenters. The van der Waals surface area contributed by atoms with Crippen LogP contribution in [0.25, 0.3) is 10.9 Å². The number of hydrogen-bond donors (Lipinski definition) is 0. The van der Waals surface area contributed by atoms with E-state index in [-0.39, 0.29) is 12.4 Å². The van der Waals surface area contributed by atoms with Gasteiger partial charge < -0.3 is 9.47 Å². The van der Waals surface area contributed by atoms with Crippen molar-refractivity contribution in [3.63, 3.8) is 0 Å². The number of nitrogens with zero attached hydrogens (tertiary/aromatic N) is 3. The molecule has 0 bridgehead atoms. The molecule has 3 heterocycles. The van der Waals surface area contributed by atoms with Crippen molar-refractivity contribution in [1.29, 1.82) is 0 Å². The number of fused-ring (bicyclic) bond motifs is 1. The first-order chi connectivity index (χ1) is 12.1.